The Hall–Kier alpha value is -4.06. The zero-order valence-electron chi connectivity index (χ0n) is 24.2. The molecule has 14 heteroatoms. The van der Waals surface area contributed by atoms with E-state index in [1.165, 1.54) is 0 Å². The molecule has 0 bridgehead atoms. The molecule has 0 spiro atoms. The number of halogens is 1. The largest absolute Gasteiger partial charge is 0.494 e. The van der Waals surface area contributed by atoms with E-state index in [0.29, 0.717) is 62.9 Å². The first-order valence-corrected chi connectivity index (χ1v) is 17.0. The van der Waals surface area contributed by atoms with Crippen LogP contribution in [0.15, 0.2) is 59.6 Å². The summed E-state index contributed by atoms with van der Waals surface area (Å²) in [7, 11) is 0.778. The molecule has 0 amide bonds. The lowest BCUT2D eigenvalue weighted by Gasteiger charge is -2.31. The Morgan fingerprint density at radius 2 is 1.81 bits per heavy atom. The van der Waals surface area contributed by atoms with Gasteiger partial charge in [-0.3, -0.25) is 14.6 Å². The lowest BCUT2D eigenvalue weighted by molar-refractivity contribution is 0.122. The fraction of sp³-hybridized carbons (Fsp3) is 0.276. The summed E-state index contributed by atoms with van der Waals surface area (Å²) >= 11 is 3.56. The molecule has 222 valence electrons. The molecule has 4 heterocycles. The second kappa shape index (κ2) is 11.9. The number of nitrogens with one attached hydrogen (secondary N) is 2. The highest BCUT2D eigenvalue weighted by Crippen LogP contribution is 2.42. The summed E-state index contributed by atoms with van der Waals surface area (Å²) in [6.45, 7) is 6.29. The normalized spacial score (nSPS) is 13.7. The average molecular weight is 665 g/mol. The first-order valence-electron chi connectivity index (χ1n) is 13.6. The third-order valence-electron chi connectivity index (χ3n) is 7.06. The van der Waals surface area contributed by atoms with Gasteiger partial charge in [0.1, 0.15) is 24.2 Å². The molecule has 12 nitrogen and oxygen atoms in total. The smallest absolute Gasteiger partial charge is 0.229 e. The van der Waals surface area contributed by atoms with Gasteiger partial charge in [-0.05, 0) is 53.5 Å². The summed E-state index contributed by atoms with van der Waals surface area (Å²) in [5.74, 6) is 1.47. The Morgan fingerprint density at radius 3 is 2.53 bits per heavy atom. The lowest BCUT2D eigenvalue weighted by Crippen LogP contribution is -2.36. The van der Waals surface area contributed by atoms with Crippen molar-refractivity contribution in [1.29, 1.82) is 0 Å². The maximum atomic E-state index is 13.4. The Kier molecular flexibility index (Phi) is 8.04. The van der Waals surface area contributed by atoms with E-state index < -0.39 is 7.14 Å². The van der Waals surface area contributed by atoms with E-state index in [4.69, 9.17) is 14.5 Å². The molecule has 1 saturated heterocycles. The number of fused-ring (bicyclic) bond motifs is 1. The molecular formula is C29H31BrN9O3P. The van der Waals surface area contributed by atoms with Crippen LogP contribution in [-0.2, 0) is 16.3 Å². The van der Waals surface area contributed by atoms with Crippen LogP contribution in [0, 0.1) is 0 Å². The number of anilines is 5. The zero-order valence-corrected chi connectivity index (χ0v) is 26.7. The van der Waals surface area contributed by atoms with E-state index in [1.807, 2.05) is 43.6 Å². The molecule has 0 radical (unpaired) electrons. The molecule has 6 rings (SSSR count). The molecule has 1 fully saturated rings. The third-order valence-corrected chi connectivity index (χ3v) is 9.17. The van der Waals surface area contributed by atoms with Crippen LogP contribution in [0.4, 0.5) is 28.8 Å². The Balaban J connectivity index is 1.38. The van der Waals surface area contributed by atoms with Crippen LogP contribution in [-0.4, -0.2) is 76.5 Å². The van der Waals surface area contributed by atoms with Crippen LogP contribution in [0.5, 0.6) is 5.75 Å². The summed E-state index contributed by atoms with van der Waals surface area (Å²) in [5, 5.41) is 12.0. The van der Waals surface area contributed by atoms with Crippen LogP contribution < -0.4 is 25.6 Å². The fourth-order valence-corrected chi connectivity index (χ4v) is 6.78. The van der Waals surface area contributed by atoms with Gasteiger partial charge in [-0.15, -0.1) is 0 Å². The first-order chi connectivity index (χ1) is 20.7. The molecule has 1 aliphatic heterocycles. The summed E-state index contributed by atoms with van der Waals surface area (Å²) < 4.78 is 27.2. The third kappa shape index (κ3) is 6.06. The molecule has 0 aliphatic carbocycles. The molecule has 2 aromatic carbocycles. The standard InChI is InChI=1S/C29H31BrN9O3P/c1-38-10-7-20(37-38)18-15-23(25(41-2)16-24(18)39-11-13-42-14-12-39)35-29-33-17-19(30)28(36-29)34-22-6-5-21-26(32-9-8-31-21)27(22)43(3,4)40/h5-10,15-17H,11-14H2,1-4H3,(H2,33,34,35,36). The number of hydrogen-bond donors (Lipinski definition) is 2. The highest BCUT2D eigenvalue weighted by atomic mass is 79.9. The van der Waals surface area contributed by atoms with Gasteiger partial charge in [0.2, 0.25) is 5.95 Å². The summed E-state index contributed by atoms with van der Waals surface area (Å²) in [4.78, 5) is 20.4. The minimum absolute atomic E-state index is 0.341. The Labute approximate surface area is 257 Å². The van der Waals surface area contributed by atoms with Crippen LogP contribution in [0.1, 0.15) is 0 Å². The van der Waals surface area contributed by atoms with Crippen molar-refractivity contribution in [3.63, 3.8) is 0 Å². The van der Waals surface area contributed by atoms with Crippen molar-refractivity contribution >= 4 is 68.2 Å². The number of aryl methyl sites for hydroxylation is 1. The van der Waals surface area contributed by atoms with Gasteiger partial charge in [-0.1, -0.05) is 0 Å². The maximum absolute atomic E-state index is 13.4. The topological polar surface area (TPSA) is 132 Å². The van der Waals surface area contributed by atoms with Crippen molar-refractivity contribution in [2.24, 2.45) is 7.05 Å². The molecule has 3 aromatic heterocycles. The first kappa shape index (κ1) is 29.0. The predicted octanol–water partition coefficient (Wildman–Crippen LogP) is 5.16. The lowest BCUT2D eigenvalue weighted by atomic mass is 10.1. The zero-order chi connectivity index (χ0) is 30.1. The fourth-order valence-electron chi connectivity index (χ4n) is 5.10. The van der Waals surface area contributed by atoms with Crippen LogP contribution >= 0.6 is 23.1 Å². The number of hydrogen-bond acceptors (Lipinski definition) is 11. The van der Waals surface area contributed by atoms with Crippen LogP contribution in [0.3, 0.4) is 0 Å². The SMILES string of the molecule is COc1cc(N2CCOCC2)c(-c2ccn(C)n2)cc1Nc1ncc(Br)c(Nc2ccc3nccnc3c2P(C)(C)=O)n1. The Morgan fingerprint density at radius 1 is 1.02 bits per heavy atom. The highest BCUT2D eigenvalue weighted by Gasteiger charge is 2.24. The van der Waals surface area contributed by atoms with Crippen molar-refractivity contribution in [2.45, 2.75) is 0 Å². The summed E-state index contributed by atoms with van der Waals surface area (Å²) in [6.07, 6.45) is 6.80. The number of methoxy groups -OCH3 is 1. The quantitative estimate of drug-likeness (QED) is 0.213. The highest BCUT2D eigenvalue weighted by molar-refractivity contribution is 9.10. The molecule has 43 heavy (non-hydrogen) atoms. The molecule has 0 saturated carbocycles. The monoisotopic (exact) mass is 663 g/mol. The van der Waals surface area contributed by atoms with Gasteiger partial charge in [-0.25, -0.2) is 4.98 Å². The molecule has 2 N–H and O–H groups in total. The number of rotatable bonds is 8. The molecule has 1 aliphatic rings. The number of ether oxygens (including phenoxy) is 2. The minimum atomic E-state index is -2.76. The van der Waals surface area contributed by atoms with Crippen molar-refractivity contribution in [3.8, 4) is 17.0 Å². The van der Waals surface area contributed by atoms with Crippen molar-refractivity contribution < 1.29 is 14.0 Å². The molecule has 0 unspecified atom stereocenters. The number of aromatic nitrogens is 6. The summed E-state index contributed by atoms with van der Waals surface area (Å²) in [6, 6.07) is 9.70. The Bertz CT molecular complexity index is 1850. The van der Waals surface area contributed by atoms with Gasteiger partial charge < -0.3 is 29.6 Å². The van der Waals surface area contributed by atoms with E-state index in [2.05, 4.69) is 51.5 Å². The van der Waals surface area contributed by atoms with Gasteiger partial charge in [0, 0.05) is 56.6 Å². The van der Waals surface area contributed by atoms with Gasteiger partial charge in [0.05, 0.1) is 58.4 Å². The second-order valence-electron chi connectivity index (χ2n) is 10.4. The maximum Gasteiger partial charge on any atom is 0.229 e. The molecular weight excluding hydrogens is 633 g/mol. The molecule has 0 atom stereocenters. The minimum Gasteiger partial charge on any atom is -0.494 e. The van der Waals surface area contributed by atoms with E-state index in [1.54, 1.807) is 43.7 Å². The van der Waals surface area contributed by atoms with E-state index in [0.717, 1.165) is 30.0 Å². The van der Waals surface area contributed by atoms with Crippen molar-refractivity contribution in [3.05, 3.63) is 59.6 Å². The van der Waals surface area contributed by atoms with Gasteiger partial charge in [0.25, 0.3) is 0 Å². The van der Waals surface area contributed by atoms with Crippen LogP contribution in [0.25, 0.3) is 22.3 Å². The van der Waals surface area contributed by atoms with E-state index in [9.17, 15) is 4.57 Å². The molecule has 5 aromatic rings. The predicted molar refractivity (Wildman–Crippen MR) is 173 cm³/mol. The van der Waals surface area contributed by atoms with Gasteiger partial charge in [-0.2, -0.15) is 10.1 Å². The van der Waals surface area contributed by atoms with E-state index in [-0.39, 0.29) is 0 Å². The van der Waals surface area contributed by atoms with Crippen molar-refractivity contribution in [2.75, 3.05) is 62.3 Å². The van der Waals surface area contributed by atoms with E-state index >= 15 is 0 Å². The van der Waals surface area contributed by atoms with Crippen molar-refractivity contribution in [1.82, 2.24) is 29.7 Å². The number of morpholine rings is 1. The van der Waals surface area contributed by atoms with Gasteiger partial charge in [0.15, 0.2) is 0 Å². The number of nitrogens with zero attached hydrogens (tertiary/aromatic N) is 7. The summed E-state index contributed by atoms with van der Waals surface area (Å²) in [5.41, 5.74) is 5.38. The van der Waals surface area contributed by atoms with Gasteiger partial charge >= 0.3 is 0 Å². The second-order valence-corrected chi connectivity index (χ2v) is 14.4. The number of benzene rings is 2. The average Bonchev–Trinajstić information content (AvgIpc) is 3.44. The van der Waals surface area contributed by atoms with Crippen LogP contribution in [0.2, 0.25) is 0 Å².